The third-order valence-corrected chi connectivity index (χ3v) is 3.39. The van der Waals surface area contributed by atoms with Gasteiger partial charge in [0.15, 0.2) is 0 Å². The summed E-state index contributed by atoms with van der Waals surface area (Å²) in [6.45, 7) is 3.27. The highest BCUT2D eigenvalue weighted by Gasteiger charge is 2.41. The Morgan fingerprint density at radius 3 is 2.18 bits per heavy atom. The number of unbranched alkanes of at least 4 members (excludes halogenated alkanes) is 3. The summed E-state index contributed by atoms with van der Waals surface area (Å²) < 4.78 is 38.9. The number of carbonyl (C=O) groups excluding carboxylic acids is 1. The third kappa shape index (κ3) is 5.24. The highest BCUT2D eigenvalue weighted by atomic mass is 19.4. The molecular formula is C16H23F3N2O. The van der Waals surface area contributed by atoms with Crippen molar-refractivity contribution in [2.24, 2.45) is 0 Å². The molecule has 1 aromatic rings. The number of rotatable bonds is 7. The van der Waals surface area contributed by atoms with E-state index < -0.39 is 18.9 Å². The molecule has 0 aliphatic rings. The maximum Gasteiger partial charge on any atom is 0.488 e. The minimum atomic E-state index is -4.66. The topological polar surface area (TPSA) is 23.6 Å². The summed E-state index contributed by atoms with van der Waals surface area (Å²) in [6.07, 6.45) is -1.05. The van der Waals surface area contributed by atoms with E-state index in [0.29, 0.717) is 12.1 Å². The zero-order chi connectivity index (χ0) is 16.6. The van der Waals surface area contributed by atoms with E-state index in [1.54, 1.807) is 30.3 Å². The number of nitrogens with zero attached hydrogens (tertiary/aromatic N) is 2. The van der Waals surface area contributed by atoms with Crippen LogP contribution in [0.4, 0.5) is 23.7 Å². The van der Waals surface area contributed by atoms with Crippen LogP contribution in [0.25, 0.3) is 0 Å². The third-order valence-electron chi connectivity index (χ3n) is 3.39. The van der Waals surface area contributed by atoms with Gasteiger partial charge in [-0.05, 0) is 25.5 Å². The molecule has 6 heteroatoms. The summed E-state index contributed by atoms with van der Waals surface area (Å²) in [5, 5.41) is 0. The molecule has 0 unspecified atom stereocenters. The van der Waals surface area contributed by atoms with Crippen LogP contribution in [0.1, 0.15) is 39.5 Å². The average molecular weight is 316 g/mol. The summed E-state index contributed by atoms with van der Waals surface area (Å²) in [5.74, 6) is 0. The zero-order valence-corrected chi connectivity index (χ0v) is 13.1. The highest BCUT2D eigenvalue weighted by molar-refractivity contribution is 5.92. The fraction of sp³-hybridized carbons (Fsp3) is 0.562. The molecule has 0 aliphatic heterocycles. The lowest BCUT2D eigenvalue weighted by Crippen LogP contribution is -2.50. The Hall–Kier alpha value is -1.72. The second kappa shape index (κ2) is 8.66. The number of para-hydroxylation sites is 1. The van der Waals surface area contributed by atoms with Crippen LogP contribution in [0.2, 0.25) is 0 Å². The van der Waals surface area contributed by atoms with E-state index in [1.165, 1.54) is 11.8 Å². The van der Waals surface area contributed by atoms with E-state index in [2.05, 4.69) is 6.92 Å². The van der Waals surface area contributed by atoms with Crippen molar-refractivity contribution < 1.29 is 18.0 Å². The largest absolute Gasteiger partial charge is 0.488 e. The molecule has 0 aliphatic carbocycles. The standard InChI is InChI=1S/C16H23F3N2O/c1-3-5-6-10-13-20(14-11-8-7-9-12-14)15(22)21(4-2)16(17,18)19/h7-9,11-12H,3-6,10,13H2,1-2H3. The van der Waals surface area contributed by atoms with Crippen molar-refractivity contribution in [2.45, 2.75) is 45.8 Å². The van der Waals surface area contributed by atoms with Crippen LogP contribution in [-0.2, 0) is 0 Å². The lowest BCUT2D eigenvalue weighted by atomic mass is 10.2. The molecule has 2 amide bonds. The number of hydrogen-bond donors (Lipinski definition) is 0. The average Bonchev–Trinajstić information content (AvgIpc) is 2.47. The number of halogens is 3. The van der Waals surface area contributed by atoms with E-state index >= 15 is 0 Å². The molecule has 0 fully saturated rings. The molecule has 0 radical (unpaired) electrons. The van der Waals surface area contributed by atoms with E-state index in [1.807, 2.05) is 0 Å². The van der Waals surface area contributed by atoms with Gasteiger partial charge in [0, 0.05) is 18.8 Å². The maximum absolute atomic E-state index is 13.0. The van der Waals surface area contributed by atoms with Crippen molar-refractivity contribution in [3.63, 3.8) is 0 Å². The number of anilines is 1. The van der Waals surface area contributed by atoms with Crippen LogP contribution in [0, 0.1) is 0 Å². The quantitative estimate of drug-likeness (QED) is 0.511. The van der Waals surface area contributed by atoms with Crippen molar-refractivity contribution in [3.8, 4) is 0 Å². The first-order valence-corrected chi connectivity index (χ1v) is 7.62. The number of carbonyl (C=O) groups is 1. The molecule has 0 aromatic heterocycles. The molecule has 0 heterocycles. The minimum absolute atomic E-state index is 0.0557. The van der Waals surface area contributed by atoms with Gasteiger partial charge in [-0.15, -0.1) is 13.2 Å². The molecule has 1 aromatic carbocycles. The smallest absolute Gasteiger partial charge is 0.294 e. The molecule has 0 bridgehead atoms. The molecule has 0 N–H and O–H groups in total. The van der Waals surface area contributed by atoms with Crippen molar-refractivity contribution in [1.82, 2.24) is 4.90 Å². The van der Waals surface area contributed by atoms with Gasteiger partial charge in [0.2, 0.25) is 0 Å². The predicted molar refractivity (Wildman–Crippen MR) is 81.8 cm³/mol. The lowest BCUT2D eigenvalue weighted by Gasteiger charge is -2.31. The van der Waals surface area contributed by atoms with Crippen LogP contribution in [0.5, 0.6) is 0 Å². The molecule has 0 atom stereocenters. The van der Waals surface area contributed by atoms with Crippen LogP contribution in [-0.4, -0.2) is 30.3 Å². The Balaban J connectivity index is 2.91. The molecule has 0 spiro atoms. The first-order valence-electron chi connectivity index (χ1n) is 7.62. The second-order valence-electron chi connectivity index (χ2n) is 5.04. The summed E-state index contributed by atoms with van der Waals surface area (Å²) in [5.41, 5.74) is 0.492. The van der Waals surface area contributed by atoms with Crippen molar-refractivity contribution >= 4 is 11.7 Å². The number of benzene rings is 1. The molecule has 1 rings (SSSR count). The second-order valence-corrected chi connectivity index (χ2v) is 5.04. The summed E-state index contributed by atoms with van der Waals surface area (Å²) in [6, 6.07) is 7.49. The monoisotopic (exact) mass is 316 g/mol. The van der Waals surface area contributed by atoms with Gasteiger partial charge in [0.25, 0.3) is 0 Å². The van der Waals surface area contributed by atoms with Gasteiger partial charge in [-0.3, -0.25) is 4.90 Å². The van der Waals surface area contributed by atoms with Crippen molar-refractivity contribution in [2.75, 3.05) is 18.0 Å². The molecule has 0 saturated heterocycles. The number of hydrogen-bond acceptors (Lipinski definition) is 1. The number of urea groups is 1. The molecule has 124 valence electrons. The van der Waals surface area contributed by atoms with Gasteiger partial charge in [0.05, 0.1) is 0 Å². The van der Waals surface area contributed by atoms with Crippen LogP contribution < -0.4 is 4.90 Å². The van der Waals surface area contributed by atoms with Gasteiger partial charge < -0.3 is 0 Å². The number of amides is 2. The Kier molecular flexibility index (Phi) is 7.21. The zero-order valence-electron chi connectivity index (χ0n) is 13.1. The lowest BCUT2D eigenvalue weighted by molar-refractivity contribution is -0.221. The minimum Gasteiger partial charge on any atom is -0.294 e. The Morgan fingerprint density at radius 2 is 1.68 bits per heavy atom. The van der Waals surface area contributed by atoms with E-state index in [4.69, 9.17) is 0 Å². The van der Waals surface area contributed by atoms with E-state index in [9.17, 15) is 18.0 Å². The molecule has 3 nitrogen and oxygen atoms in total. The van der Waals surface area contributed by atoms with Gasteiger partial charge in [-0.2, -0.15) is 0 Å². The van der Waals surface area contributed by atoms with Gasteiger partial charge in [-0.1, -0.05) is 44.4 Å². The SMILES string of the molecule is CCCCCCN(C(=O)N(CC)C(F)(F)F)c1ccccc1. The number of alkyl halides is 3. The van der Waals surface area contributed by atoms with Crippen LogP contribution in [0.15, 0.2) is 30.3 Å². The fourth-order valence-corrected chi connectivity index (χ4v) is 2.21. The first-order chi connectivity index (χ1) is 10.4. The Bertz CT molecular complexity index is 448. The van der Waals surface area contributed by atoms with Crippen LogP contribution >= 0.6 is 0 Å². The van der Waals surface area contributed by atoms with Crippen LogP contribution in [0.3, 0.4) is 0 Å². The molecular weight excluding hydrogens is 293 g/mol. The first kappa shape index (κ1) is 18.3. The molecule has 22 heavy (non-hydrogen) atoms. The van der Waals surface area contributed by atoms with Crippen molar-refractivity contribution in [1.29, 1.82) is 0 Å². The van der Waals surface area contributed by atoms with Gasteiger partial charge in [0.1, 0.15) is 0 Å². The normalized spacial score (nSPS) is 11.3. The Labute approximate surface area is 129 Å². The summed E-state index contributed by atoms with van der Waals surface area (Å²) in [4.78, 5) is 13.5. The summed E-state index contributed by atoms with van der Waals surface area (Å²) in [7, 11) is 0. The van der Waals surface area contributed by atoms with Crippen molar-refractivity contribution in [3.05, 3.63) is 30.3 Å². The van der Waals surface area contributed by atoms with E-state index in [0.717, 1.165) is 19.3 Å². The summed E-state index contributed by atoms with van der Waals surface area (Å²) >= 11 is 0. The van der Waals surface area contributed by atoms with E-state index in [-0.39, 0.29) is 11.4 Å². The Morgan fingerprint density at radius 1 is 1.05 bits per heavy atom. The fourth-order valence-electron chi connectivity index (χ4n) is 2.21. The predicted octanol–water partition coefficient (Wildman–Crippen LogP) is 5.04. The maximum atomic E-state index is 13.0. The van der Waals surface area contributed by atoms with Gasteiger partial charge in [-0.25, -0.2) is 9.69 Å². The molecule has 0 saturated carbocycles. The highest BCUT2D eigenvalue weighted by Crippen LogP contribution is 2.25. The van der Waals surface area contributed by atoms with Gasteiger partial charge >= 0.3 is 12.3 Å².